The molecule has 0 radical (unpaired) electrons. The zero-order valence-electron chi connectivity index (χ0n) is 16.0. The van der Waals surface area contributed by atoms with Gasteiger partial charge in [0.2, 0.25) is 5.95 Å². The Morgan fingerprint density at radius 1 is 0.967 bits per heavy atom. The molecule has 1 saturated heterocycles. The summed E-state index contributed by atoms with van der Waals surface area (Å²) in [4.78, 5) is 11.3. The zero-order chi connectivity index (χ0) is 19.6. The molecular weight excluding hydrogens is 398 g/mol. The minimum Gasteiger partial charge on any atom is -0.378 e. The van der Waals surface area contributed by atoms with Gasteiger partial charge in [-0.25, -0.2) is 4.98 Å². The summed E-state index contributed by atoms with van der Waals surface area (Å²) in [5, 5.41) is 7.12. The van der Waals surface area contributed by atoms with Crippen molar-refractivity contribution in [2.75, 3.05) is 41.8 Å². The van der Waals surface area contributed by atoms with E-state index in [9.17, 15) is 0 Å². The number of hydrogen-bond donors (Lipinski definition) is 2. The molecule has 0 amide bonds. The lowest BCUT2D eigenvalue weighted by atomic mass is 10.0. The van der Waals surface area contributed by atoms with Crippen LogP contribution in [0.5, 0.6) is 0 Å². The summed E-state index contributed by atoms with van der Waals surface area (Å²) in [5.74, 6) is 1.10. The number of ether oxygens (including phenoxy) is 1. The van der Waals surface area contributed by atoms with Crippen LogP contribution in [0.4, 0.5) is 28.8 Å². The number of morpholine rings is 1. The van der Waals surface area contributed by atoms with Gasteiger partial charge >= 0.3 is 0 Å². The average Bonchev–Trinajstić information content (AvgIpc) is 2.76. The predicted molar refractivity (Wildman–Crippen MR) is 124 cm³/mol. The van der Waals surface area contributed by atoms with Gasteiger partial charge in [-0.2, -0.15) is 4.98 Å². The van der Waals surface area contributed by atoms with Crippen molar-refractivity contribution in [3.8, 4) is 0 Å². The monoisotopic (exact) mass is 423 g/mol. The van der Waals surface area contributed by atoms with E-state index in [4.69, 9.17) is 16.3 Å². The van der Waals surface area contributed by atoms with E-state index in [1.165, 1.54) is 16.8 Å². The first-order valence-electron chi connectivity index (χ1n) is 9.86. The molecule has 2 aliphatic rings. The number of hydrogen-bond acceptors (Lipinski definition) is 6. The van der Waals surface area contributed by atoms with E-state index in [-0.39, 0.29) is 7.43 Å². The van der Waals surface area contributed by atoms with Crippen LogP contribution in [0.3, 0.4) is 0 Å². The molecule has 6 bridgehead atoms. The van der Waals surface area contributed by atoms with Gasteiger partial charge in [-0.3, -0.25) is 0 Å². The van der Waals surface area contributed by atoms with Gasteiger partial charge < -0.3 is 20.3 Å². The van der Waals surface area contributed by atoms with Crippen LogP contribution in [0.15, 0.2) is 48.7 Å². The molecule has 1 fully saturated rings. The number of aromatic nitrogens is 2. The van der Waals surface area contributed by atoms with Crippen LogP contribution < -0.4 is 15.5 Å². The Balaban J connectivity index is 0.00000218. The Morgan fingerprint density at radius 2 is 1.80 bits per heavy atom. The normalized spacial score (nSPS) is 15.4. The molecule has 1 aromatic heterocycles. The standard InChI is InChI=1S/C22H22ClN5O.CH4/c23-19-14-24-22-26-17-3-1-2-15(12-17)4-5-16-13-18(25-21(19)27-22)6-7-20(16)28-8-10-29-11-9-28;/h1-3,6-7,12-14H,4-5,8-11H2,(H2,24,25,26,27);1H4. The van der Waals surface area contributed by atoms with E-state index in [1.54, 1.807) is 6.20 Å². The van der Waals surface area contributed by atoms with Gasteiger partial charge in [-0.05, 0) is 54.3 Å². The summed E-state index contributed by atoms with van der Waals surface area (Å²) < 4.78 is 5.54. The second-order valence-electron chi connectivity index (χ2n) is 7.28. The predicted octanol–water partition coefficient (Wildman–Crippen LogP) is 5.19. The van der Waals surface area contributed by atoms with Crippen LogP contribution in [0.25, 0.3) is 0 Å². The van der Waals surface area contributed by atoms with Crippen LogP contribution in [0.2, 0.25) is 5.02 Å². The lowest BCUT2D eigenvalue weighted by Crippen LogP contribution is -2.36. The molecule has 156 valence electrons. The number of rotatable bonds is 1. The van der Waals surface area contributed by atoms with Crippen molar-refractivity contribution in [2.45, 2.75) is 20.3 Å². The first-order valence-corrected chi connectivity index (χ1v) is 10.2. The van der Waals surface area contributed by atoms with E-state index in [0.29, 0.717) is 16.8 Å². The summed E-state index contributed by atoms with van der Waals surface area (Å²) >= 11 is 6.35. The van der Waals surface area contributed by atoms with Crippen molar-refractivity contribution in [1.29, 1.82) is 0 Å². The molecule has 5 rings (SSSR count). The van der Waals surface area contributed by atoms with Crippen molar-refractivity contribution >= 4 is 40.4 Å². The van der Waals surface area contributed by atoms with E-state index < -0.39 is 0 Å². The number of nitrogens with one attached hydrogen (secondary N) is 2. The summed E-state index contributed by atoms with van der Waals surface area (Å²) in [5.41, 5.74) is 5.79. The summed E-state index contributed by atoms with van der Waals surface area (Å²) in [6, 6.07) is 14.9. The molecular formula is C23H26ClN5O. The number of nitrogens with zero attached hydrogens (tertiary/aromatic N) is 3. The third-order valence-electron chi connectivity index (χ3n) is 5.30. The van der Waals surface area contributed by atoms with Crippen molar-refractivity contribution in [1.82, 2.24) is 9.97 Å². The fraction of sp³-hybridized carbons (Fsp3) is 0.304. The molecule has 0 atom stereocenters. The van der Waals surface area contributed by atoms with E-state index >= 15 is 0 Å². The summed E-state index contributed by atoms with van der Waals surface area (Å²) in [6.07, 6.45) is 3.52. The SMILES string of the molecule is C.Clc1cnc2nc1Nc1ccc(N3CCOCC3)c(c1)CCc1cccc(c1)N2. The Kier molecular flexibility index (Phi) is 6.06. The Labute approximate surface area is 182 Å². The third-order valence-corrected chi connectivity index (χ3v) is 5.58. The topological polar surface area (TPSA) is 62.3 Å². The van der Waals surface area contributed by atoms with Crippen LogP contribution in [-0.4, -0.2) is 36.3 Å². The second kappa shape index (κ2) is 8.90. The molecule has 2 N–H and O–H groups in total. The average molecular weight is 424 g/mol. The van der Waals surface area contributed by atoms with E-state index in [0.717, 1.165) is 50.5 Å². The van der Waals surface area contributed by atoms with Crippen molar-refractivity contribution in [3.05, 3.63) is 64.8 Å². The molecule has 3 aromatic rings. The third kappa shape index (κ3) is 4.35. The number of fused-ring (bicyclic) bond motifs is 6. The largest absolute Gasteiger partial charge is 0.378 e. The fourth-order valence-corrected chi connectivity index (χ4v) is 3.98. The fourth-order valence-electron chi connectivity index (χ4n) is 3.84. The van der Waals surface area contributed by atoms with Crippen molar-refractivity contribution < 1.29 is 4.74 Å². The maximum Gasteiger partial charge on any atom is 0.229 e. The highest BCUT2D eigenvalue weighted by Crippen LogP contribution is 2.31. The maximum atomic E-state index is 6.35. The molecule has 7 heteroatoms. The van der Waals surface area contributed by atoms with Gasteiger partial charge in [-0.1, -0.05) is 31.2 Å². The second-order valence-corrected chi connectivity index (χ2v) is 7.69. The molecule has 0 aliphatic carbocycles. The molecule has 30 heavy (non-hydrogen) atoms. The quantitative estimate of drug-likeness (QED) is 0.561. The molecule has 0 unspecified atom stereocenters. The van der Waals surface area contributed by atoms with Crippen LogP contribution >= 0.6 is 11.6 Å². The lowest BCUT2D eigenvalue weighted by Gasteiger charge is -2.31. The molecule has 2 aromatic carbocycles. The lowest BCUT2D eigenvalue weighted by molar-refractivity contribution is 0.122. The molecule has 0 spiro atoms. The first-order chi connectivity index (χ1) is 14.2. The Morgan fingerprint density at radius 3 is 2.67 bits per heavy atom. The van der Waals surface area contributed by atoms with Crippen LogP contribution in [0, 0.1) is 0 Å². The summed E-state index contributed by atoms with van der Waals surface area (Å²) in [7, 11) is 0. The highest BCUT2D eigenvalue weighted by Gasteiger charge is 2.16. The Hall–Kier alpha value is -2.83. The molecule has 3 heterocycles. The number of halogens is 1. The molecule has 6 nitrogen and oxygen atoms in total. The Bertz CT molecular complexity index is 1040. The number of benzene rings is 2. The van der Waals surface area contributed by atoms with E-state index in [2.05, 4.69) is 61.9 Å². The minimum atomic E-state index is 0. The number of anilines is 5. The minimum absolute atomic E-state index is 0. The maximum absolute atomic E-state index is 6.35. The van der Waals surface area contributed by atoms with Gasteiger partial charge in [0.15, 0.2) is 5.82 Å². The van der Waals surface area contributed by atoms with Crippen LogP contribution in [-0.2, 0) is 17.6 Å². The number of aryl methyl sites for hydroxylation is 2. The van der Waals surface area contributed by atoms with Crippen LogP contribution in [0.1, 0.15) is 18.6 Å². The summed E-state index contributed by atoms with van der Waals surface area (Å²) in [6.45, 7) is 3.37. The van der Waals surface area contributed by atoms with Gasteiger partial charge in [0.05, 0.1) is 19.4 Å². The highest BCUT2D eigenvalue weighted by atomic mass is 35.5. The van der Waals surface area contributed by atoms with E-state index in [1.807, 2.05) is 6.07 Å². The highest BCUT2D eigenvalue weighted by molar-refractivity contribution is 6.32. The zero-order valence-corrected chi connectivity index (χ0v) is 16.7. The first kappa shape index (κ1) is 20.4. The van der Waals surface area contributed by atoms with Gasteiger partial charge in [0.25, 0.3) is 0 Å². The van der Waals surface area contributed by atoms with Gasteiger partial charge in [-0.15, -0.1) is 0 Å². The molecule has 2 aliphatic heterocycles. The van der Waals surface area contributed by atoms with Crippen molar-refractivity contribution in [2.24, 2.45) is 0 Å². The smallest absolute Gasteiger partial charge is 0.229 e. The molecule has 0 saturated carbocycles. The van der Waals surface area contributed by atoms with Gasteiger partial charge in [0, 0.05) is 30.2 Å². The van der Waals surface area contributed by atoms with Gasteiger partial charge in [0.1, 0.15) is 5.02 Å². The van der Waals surface area contributed by atoms with Crippen molar-refractivity contribution in [3.63, 3.8) is 0 Å².